The van der Waals surface area contributed by atoms with Crippen LogP contribution in [0.1, 0.15) is 38.9 Å². The second-order valence-electron chi connectivity index (χ2n) is 4.83. The van der Waals surface area contributed by atoms with E-state index < -0.39 is 21.4 Å². The summed E-state index contributed by atoms with van der Waals surface area (Å²) in [5.41, 5.74) is 0.880. The van der Waals surface area contributed by atoms with Crippen molar-refractivity contribution in [2.45, 2.75) is 45.5 Å². The van der Waals surface area contributed by atoms with Crippen molar-refractivity contribution < 1.29 is 26.4 Å². The van der Waals surface area contributed by atoms with Crippen molar-refractivity contribution in [3.05, 3.63) is 35.9 Å². The predicted octanol–water partition coefficient (Wildman–Crippen LogP) is 4.73. The Morgan fingerprint density at radius 1 is 1.05 bits per heavy atom. The fourth-order valence-electron chi connectivity index (χ4n) is 2.11. The molecule has 0 aromatic heterocycles. The molecule has 0 spiro atoms. The molecule has 0 N–H and O–H groups in total. The first-order chi connectivity index (χ1) is 10.3. The van der Waals surface area contributed by atoms with Crippen molar-refractivity contribution >= 4 is 8.80 Å². The molecule has 0 heterocycles. The van der Waals surface area contributed by atoms with Gasteiger partial charge in [-0.2, -0.15) is 13.2 Å². The average Bonchev–Trinajstić information content (AvgIpc) is 2.46. The highest BCUT2D eigenvalue weighted by molar-refractivity contribution is 6.60. The third-order valence-corrected chi connectivity index (χ3v) is 6.10. The predicted molar refractivity (Wildman–Crippen MR) is 80.4 cm³/mol. The summed E-state index contributed by atoms with van der Waals surface area (Å²) >= 11 is 0. The van der Waals surface area contributed by atoms with Crippen LogP contribution in [0, 0.1) is 0 Å². The summed E-state index contributed by atoms with van der Waals surface area (Å²) in [5.74, 6) is 0. The van der Waals surface area contributed by atoms with E-state index in [-0.39, 0.29) is 25.4 Å². The lowest BCUT2D eigenvalue weighted by Crippen LogP contribution is -2.47. The fraction of sp³-hybridized carbons (Fsp3) is 0.600. The van der Waals surface area contributed by atoms with Gasteiger partial charge in [0.1, 0.15) is 0 Å². The summed E-state index contributed by atoms with van der Waals surface area (Å²) in [6.07, 6.45) is -5.62. The van der Waals surface area contributed by atoms with Crippen LogP contribution in [0.5, 0.6) is 0 Å². The van der Waals surface area contributed by atoms with E-state index in [0.29, 0.717) is 0 Å². The molecule has 0 saturated heterocycles. The third kappa shape index (κ3) is 6.47. The minimum atomic E-state index is -4.26. The van der Waals surface area contributed by atoms with Gasteiger partial charge in [0.25, 0.3) is 0 Å². The van der Waals surface area contributed by atoms with Gasteiger partial charge < -0.3 is 13.3 Å². The first-order valence-electron chi connectivity index (χ1n) is 7.39. The van der Waals surface area contributed by atoms with E-state index in [1.54, 1.807) is 20.8 Å². The van der Waals surface area contributed by atoms with Crippen molar-refractivity contribution in [2.24, 2.45) is 0 Å². The quantitative estimate of drug-likeness (QED) is 0.610. The highest BCUT2D eigenvalue weighted by Gasteiger charge is 2.45. The number of alkyl halides is 3. The molecule has 0 radical (unpaired) electrons. The van der Waals surface area contributed by atoms with E-state index in [0.717, 1.165) is 5.56 Å². The Hall–Kier alpha value is -0.893. The molecule has 0 aliphatic carbocycles. The molecule has 0 aliphatic rings. The Bertz CT molecular complexity index is 420. The van der Waals surface area contributed by atoms with Gasteiger partial charge in [-0.15, -0.1) is 0 Å². The van der Waals surface area contributed by atoms with Crippen molar-refractivity contribution in [3.8, 4) is 0 Å². The molecule has 0 amide bonds. The van der Waals surface area contributed by atoms with Gasteiger partial charge in [0.15, 0.2) is 0 Å². The molecular formula is C15H23F3O3Si. The lowest BCUT2D eigenvalue weighted by molar-refractivity contribution is -0.133. The summed E-state index contributed by atoms with van der Waals surface area (Å²) in [7, 11) is -3.37. The average molecular weight is 336 g/mol. The zero-order chi connectivity index (χ0) is 16.6. The normalized spacial score (nSPS) is 14.1. The number of benzene rings is 1. The summed E-state index contributed by atoms with van der Waals surface area (Å²) in [6, 6.07) is 9.05. The van der Waals surface area contributed by atoms with Crippen LogP contribution in [0.3, 0.4) is 0 Å². The maximum Gasteiger partial charge on any atom is 0.501 e. The van der Waals surface area contributed by atoms with Crippen LogP contribution < -0.4 is 0 Å². The second kappa shape index (κ2) is 8.66. The van der Waals surface area contributed by atoms with Gasteiger partial charge in [0.05, 0.1) is 6.10 Å². The Morgan fingerprint density at radius 2 is 1.59 bits per heavy atom. The Balaban J connectivity index is 2.87. The SMILES string of the molecule is CCO[Si](CCC(F)(F)F)(OCC)OC(C)c1ccccc1. The van der Waals surface area contributed by atoms with E-state index in [9.17, 15) is 13.2 Å². The maximum absolute atomic E-state index is 12.6. The first-order valence-corrected chi connectivity index (χ1v) is 9.32. The molecule has 0 fully saturated rings. The molecule has 7 heteroatoms. The number of hydrogen-bond acceptors (Lipinski definition) is 3. The Labute approximate surface area is 130 Å². The molecule has 3 nitrogen and oxygen atoms in total. The number of halogens is 3. The van der Waals surface area contributed by atoms with Gasteiger partial charge in [0.2, 0.25) is 0 Å². The van der Waals surface area contributed by atoms with Crippen LogP contribution >= 0.6 is 0 Å². The monoisotopic (exact) mass is 336 g/mol. The minimum Gasteiger partial charge on any atom is -0.374 e. The van der Waals surface area contributed by atoms with Gasteiger partial charge in [0, 0.05) is 25.7 Å². The summed E-state index contributed by atoms with van der Waals surface area (Å²) in [5, 5.41) is 0. The van der Waals surface area contributed by atoms with Crippen LogP contribution in [0.4, 0.5) is 13.2 Å². The van der Waals surface area contributed by atoms with Crippen molar-refractivity contribution in [3.63, 3.8) is 0 Å². The molecule has 1 unspecified atom stereocenters. The summed E-state index contributed by atoms with van der Waals surface area (Å²) in [4.78, 5) is 0. The first kappa shape index (κ1) is 19.2. The standard InChI is InChI=1S/C15H23F3O3Si/c1-4-19-22(20-5-2,12-11-15(16,17)18)21-13(3)14-9-7-6-8-10-14/h6-10,13H,4-5,11-12H2,1-3H3. The van der Waals surface area contributed by atoms with Crippen molar-refractivity contribution in [1.82, 2.24) is 0 Å². The molecule has 1 aromatic rings. The van der Waals surface area contributed by atoms with Crippen LogP contribution in [0.2, 0.25) is 6.04 Å². The Morgan fingerprint density at radius 3 is 2.05 bits per heavy atom. The van der Waals surface area contributed by atoms with Crippen LogP contribution in [-0.2, 0) is 13.3 Å². The van der Waals surface area contributed by atoms with E-state index in [4.69, 9.17) is 13.3 Å². The van der Waals surface area contributed by atoms with Gasteiger partial charge >= 0.3 is 15.0 Å². The van der Waals surface area contributed by atoms with E-state index in [1.165, 1.54) is 0 Å². The second-order valence-corrected chi connectivity index (χ2v) is 7.51. The van der Waals surface area contributed by atoms with E-state index in [2.05, 4.69) is 0 Å². The number of hydrogen-bond donors (Lipinski definition) is 0. The maximum atomic E-state index is 12.6. The topological polar surface area (TPSA) is 27.7 Å². The molecule has 1 aromatic carbocycles. The van der Waals surface area contributed by atoms with Gasteiger partial charge in [-0.25, -0.2) is 0 Å². The summed E-state index contributed by atoms with van der Waals surface area (Å²) < 4.78 is 54.7. The van der Waals surface area contributed by atoms with Crippen LogP contribution in [0.15, 0.2) is 30.3 Å². The molecule has 0 aliphatic heterocycles. The van der Waals surface area contributed by atoms with Crippen LogP contribution in [-0.4, -0.2) is 28.2 Å². The zero-order valence-corrected chi connectivity index (χ0v) is 14.2. The molecule has 0 saturated carbocycles. The van der Waals surface area contributed by atoms with E-state index >= 15 is 0 Å². The molecule has 1 rings (SSSR count). The highest BCUT2D eigenvalue weighted by atomic mass is 28.4. The third-order valence-electron chi connectivity index (χ3n) is 3.07. The van der Waals surface area contributed by atoms with E-state index in [1.807, 2.05) is 30.3 Å². The van der Waals surface area contributed by atoms with Gasteiger partial charge in [-0.1, -0.05) is 30.3 Å². The van der Waals surface area contributed by atoms with Crippen molar-refractivity contribution in [1.29, 1.82) is 0 Å². The molecule has 0 bridgehead atoms. The van der Waals surface area contributed by atoms with Crippen LogP contribution in [0.25, 0.3) is 0 Å². The van der Waals surface area contributed by atoms with Gasteiger partial charge in [-0.3, -0.25) is 0 Å². The van der Waals surface area contributed by atoms with Gasteiger partial charge in [-0.05, 0) is 26.3 Å². The molecule has 126 valence electrons. The molecule has 1 atom stereocenters. The lowest BCUT2D eigenvalue weighted by Gasteiger charge is -2.32. The number of rotatable bonds is 9. The highest BCUT2D eigenvalue weighted by Crippen LogP contribution is 2.31. The van der Waals surface area contributed by atoms with Crippen molar-refractivity contribution in [2.75, 3.05) is 13.2 Å². The minimum absolute atomic E-state index is 0.256. The molecule has 22 heavy (non-hydrogen) atoms. The zero-order valence-electron chi connectivity index (χ0n) is 13.2. The largest absolute Gasteiger partial charge is 0.501 e. The lowest BCUT2D eigenvalue weighted by atomic mass is 10.1. The fourth-order valence-corrected chi connectivity index (χ4v) is 4.88. The molecular weight excluding hydrogens is 313 g/mol. The Kier molecular flexibility index (Phi) is 7.54. The summed E-state index contributed by atoms with van der Waals surface area (Å²) in [6.45, 7) is 5.76. The smallest absolute Gasteiger partial charge is 0.374 e.